The van der Waals surface area contributed by atoms with Crippen molar-refractivity contribution < 1.29 is 0 Å². The third-order valence-electron chi connectivity index (χ3n) is 2.26. The van der Waals surface area contributed by atoms with Gasteiger partial charge in [-0.15, -0.1) is 0 Å². The molecule has 12 heavy (non-hydrogen) atoms. The zero-order chi connectivity index (χ0) is 8.39. The summed E-state index contributed by atoms with van der Waals surface area (Å²) in [5, 5.41) is 0. The monoisotopic (exact) mass is 159 g/mol. The number of allylic oxidation sites excluding steroid dienone is 5. The fourth-order valence-electron chi connectivity index (χ4n) is 1.56. The van der Waals surface area contributed by atoms with E-state index in [1.807, 2.05) is 0 Å². The van der Waals surface area contributed by atoms with Crippen LogP contribution in [0.5, 0.6) is 0 Å². The number of hydrogen-bond donors (Lipinski definition) is 0. The molecule has 0 fully saturated rings. The van der Waals surface area contributed by atoms with Crippen LogP contribution in [0.2, 0.25) is 0 Å². The highest BCUT2D eigenvalue weighted by Crippen LogP contribution is 2.23. The van der Waals surface area contributed by atoms with Crippen molar-refractivity contribution in [2.24, 2.45) is 4.99 Å². The quantitative estimate of drug-likeness (QED) is 0.515. The summed E-state index contributed by atoms with van der Waals surface area (Å²) in [5.41, 5.74) is 3.83. The van der Waals surface area contributed by atoms with E-state index in [1.165, 1.54) is 17.0 Å². The molecule has 1 aliphatic carbocycles. The third kappa shape index (κ3) is 1.40. The van der Waals surface area contributed by atoms with Crippen LogP contribution in [-0.4, -0.2) is 5.71 Å². The Morgan fingerprint density at radius 3 is 2.92 bits per heavy atom. The van der Waals surface area contributed by atoms with Crippen molar-refractivity contribution in [1.82, 2.24) is 0 Å². The van der Waals surface area contributed by atoms with Crippen LogP contribution in [0, 0.1) is 0 Å². The summed E-state index contributed by atoms with van der Waals surface area (Å²) >= 11 is 0. The van der Waals surface area contributed by atoms with Gasteiger partial charge in [0.05, 0.1) is 5.70 Å². The molecule has 0 radical (unpaired) electrons. The maximum Gasteiger partial charge on any atom is 0.0657 e. The molecule has 0 saturated carbocycles. The van der Waals surface area contributed by atoms with Crippen molar-refractivity contribution in [3.8, 4) is 0 Å². The van der Waals surface area contributed by atoms with Gasteiger partial charge in [-0.3, -0.25) is 4.99 Å². The van der Waals surface area contributed by atoms with E-state index in [-0.39, 0.29) is 0 Å². The molecule has 2 rings (SSSR count). The van der Waals surface area contributed by atoms with E-state index in [0.717, 1.165) is 19.3 Å². The summed E-state index contributed by atoms with van der Waals surface area (Å²) in [6, 6.07) is 0. The van der Waals surface area contributed by atoms with Crippen LogP contribution < -0.4 is 0 Å². The van der Waals surface area contributed by atoms with Gasteiger partial charge < -0.3 is 0 Å². The molecule has 0 atom stereocenters. The van der Waals surface area contributed by atoms with Crippen molar-refractivity contribution >= 4 is 5.71 Å². The van der Waals surface area contributed by atoms with Gasteiger partial charge in [0.1, 0.15) is 0 Å². The largest absolute Gasteiger partial charge is 0.258 e. The summed E-state index contributed by atoms with van der Waals surface area (Å²) in [5.74, 6) is 0. The number of hydrogen-bond acceptors (Lipinski definition) is 1. The minimum Gasteiger partial charge on any atom is -0.258 e. The summed E-state index contributed by atoms with van der Waals surface area (Å²) < 4.78 is 0. The van der Waals surface area contributed by atoms with Crippen LogP contribution in [0.1, 0.15) is 26.2 Å². The van der Waals surface area contributed by atoms with Crippen LogP contribution in [0.25, 0.3) is 0 Å². The maximum atomic E-state index is 4.52. The summed E-state index contributed by atoms with van der Waals surface area (Å²) in [4.78, 5) is 4.52. The van der Waals surface area contributed by atoms with Crippen molar-refractivity contribution in [2.45, 2.75) is 26.2 Å². The van der Waals surface area contributed by atoms with Gasteiger partial charge in [0.15, 0.2) is 0 Å². The summed E-state index contributed by atoms with van der Waals surface area (Å²) in [6.45, 7) is 2.10. The fourth-order valence-corrected chi connectivity index (χ4v) is 1.56. The third-order valence-corrected chi connectivity index (χ3v) is 2.26. The SMILES string of the molecule is CC1=NC2=C(C=CCC=C2)CC1. The van der Waals surface area contributed by atoms with Crippen molar-refractivity contribution in [3.05, 3.63) is 35.6 Å². The Bertz CT molecular complexity index is 303. The van der Waals surface area contributed by atoms with Gasteiger partial charge >= 0.3 is 0 Å². The average molecular weight is 159 g/mol. The lowest BCUT2D eigenvalue weighted by Crippen LogP contribution is -2.00. The van der Waals surface area contributed by atoms with Gasteiger partial charge in [-0.05, 0) is 37.8 Å². The van der Waals surface area contributed by atoms with E-state index < -0.39 is 0 Å². The van der Waals surface area contributed by atoms with Crippen molar-refractivity contribution in [3.63, 3.8) is 0 Å². The van der Waals surface area contributed by atoms with Gasteiger partial charge in [-0.1, -0.05) is 18.2 Å². The van der Waals surface area contributed by atoms with Gasteiger partial charge in [0.25, 0.3) is 0 Å². The molecule has 0 spiro atoms. The first-order valence-electron chi connectivity index (χ1n) is 4.46. The molecule has 1 nitrogen and oxygen atoms in total. The zero-order valence-corrected chi connectivity index (χ0v) is 7.38. The molecule has 0 N–H and O–H groups in total. The van der Waals surface area contributed by atoms with Gasteiger partial charge in [-0.2, -0.15) is 0 Å². The average Bonchev–Trinajstić information content (AvgIpc) is 2.28. The van der Waals surface area contributed by atoms with Crippen LogP contribution in [0.4, 0.5) is 0 Å². The van der Waals surface area contributed by atoms with Crippen molar-refractivity contribution in [2.75, 3.05) is 0 Å². The molecular weight excluding hydrogens is 146 g/mol. The predicted octanol–water partition coefficient (Wildman–Crippen LogP) is 3.01. The summed E-state index contributed by atoms with van der Waals surface area (Å²) in [6.07, 6.45) is 12.0. The molecule has 1 heteroatoms. The molecule has 0 amide bonds. The molecule has 0 saturated heterocycles. The number of aliphatic imine (C=N–C) groups is 1. The molecule has 0 unspecified atom stereocenters. The first-order chi connectivity index (χ1) is 5.86. The second-order valence-corrected chi connectivity index (χ2v) is 3.30. The van der Waals surface area contributed by atoms with Crippen LogP contribution >= 0.6 is 0 Å². The molecule has 1 heterocycles. The topological polar surface area (TPSA) is 12.4 Å². The standard InChI is InChI=1S/C11H13N/c1-9-7-8-10-5-3-2-4-6-11(10)12-9/h3-6H,2,7-8H2,1H3. The normalized spacial score (nSPS) is 21.9. The highest BCUT2D eigenvalue weighted by molar-refractivity contribution is 5.84. The molecular formula is C11H13N. The highest BCUT2D eigenvalue weighted by atomic mass is 14.8. The minimum absolute atomic E-state index is 1.04. The molecule has 0 aromatic heterocycles. The number of nitrogens with zero attached hydrogens (tertiary/aromatic N) is 1. The Balaban J connectivity index is 2.40. The molecule has 0 bridgehead atoms. The van der Waals surface area contributed by atoms with E-state index in [2.05, 4.69) is 36.2 Å². The molecule has 62 valence electrons. The fraction of sp³-hybridized carbons (Fsp3) is 0.364. The molecule has 1 aliphatic heterocycles. The van der Waals surface area contributed by atoms with E-state index in [1.54, 1.807) is 0 Å². The lowest BCUT2D eigenvalue weighted by atomic mass is 10.0. The Kier molecular flexibility index (Phi) is 1.94. The first kappa shape index (κ1) is 7.53. The van der Waals surface area contributed by atoms with Gasteiger partial charge in [0.2, 0.25) is 0 Å². The predicted molar refractivity (Wildman–Crippen MR) is 52.3 cm³/mol. The second kappa shape index (κ2) is 3.10. The van der Waals surface area contributed by atoms with E-state index in [0.29, 0.717) is 0 Å². The van der Waals surface area contributed by atoms with E-state index >= 15 is 0 Å². The second-order valence-electron chi connectivity index (χ2n) is 3.30. The Morgan fingerprint density at radius 1 is 1.17 bits per heavy atom. The van der Waals surface area contributed by atoms with Gasteiger partial charge in [-0.25, -0.2) is 0 Å². The van der Waals surface area contributed by atoms with E-state index in [9.17, 15) is 0 Å². The minimum atomic E-state index is 1.04. The maximum absolute atomic E-state index is 4.52. The highest BCUT2D eigenvalue weighted by Gasteiger charge is 2.08. The van der Waals surface area contributed by atoms with Crippen molar-refractivity contribution in [1.29, 1.82) is 0 Å². The number of rotatable bonds is 0. The summed E-state index contributed by atoms with van der Waals surface area (Å²) in [7, 11) is 0. The van der Waals surface area contributed by atoms with E-state index in [4.69, 9.17) is 0 Å². The van der Waals surface area contributed by atoms with Gasteiger partial charge in [0, 0.05) is 5.71 Å². The molecule has 0 aromatic rings. The van der Waals surface area contributed by atoms with Crippen LogP contribution in [0.3, 0.4) is 0 Å². The van der Waals surface area contributed by atoms with Crippen LogP contribution in [-0.2, 0) is 0 Å². The lowest BCUT2D eigenvalue weighted by molar-refractivity contribution is 0.982. The Hall–Kier alpha value is -1.11. The molecule has 2 aliphatic rings. The Morgan fingerprint density at radius 2 is 2.00 bits per heavy atom. The first-order valence-corrected chi connectivity index (χ1v) is 4.46. The zero-order valence-electron chi connectivity index (χ0n) is 7.38. The smallest absolute Gasteiger partial charge is 0.0657 e. The molecule has 0 aromatic carbocycles. The lowest BCUT2D eigenvalue weighted by Gasteiger charge is -2.11. The Labute approximate surface area is 73.2 Å². The van der Waals surface area contributed by atoms with Crippen LogP contribution in [0.15, 0.2) is 40.6 Å².